The summed E-state index contributed by atoms with van der Waals surface area (Å²) < 4.78 is 11.0. The van der Waals surface area contributed by atoms with Gasteiger partial charge in [-0.3, -0.25) is 19.3 Å². The smallest absolute Gasteiger partial charge is 0.335 e. The zero-order valence-corrected chi connectivity index (χ0v) is 15.0. The van der Waals surface area contributed by atoms with Gasteiger partial charge >= 0.3 is 11.9 Å². The fourth-order valence-electron chi connectivity index (χ4n) is 3.47. The van der Waals surface area contributed by atoms with E-state index in [4.69, 9.17) is 14.6 Å². The van der Waals surface area contributed by atoms with Gasteiger partial charge in [0.2, 0.25) is 0 Å². The Kier molecular flexibility index (Phi) is 4.42. The molecule has 0 spiro atoms. The van der Waals surface area contributed by atoms with Gasteiger partial charge in [0.15, 0.2) is 11.5 Å². The fraction of sp³-hybridized carbons (Fsp3) is 0.200. The third kappa shape index (κ3) is 3.16. The van der Waals surface area contributed by atoms with Crippen LogP contribution in [0.3, 0.4) is 0 Å². The average molecular weight is 397 g/mol. The van der Waals surface area contributed by atoms with E-state index in [1.54, 1.807) is 18.2 Å². The van der Waals surface area contributed by atoms with Crippen molar-refractivity contribution in [2.45, 2.75) is 12.5 Å². The highest BCUT2D eigenvalue weighted by molar-refractivity contribution is 6.22. The number of carbonyl (C=O) groups excluding carboxylic acids is 2. The van der Waals surface area contributed by atoms with Crippen LogP contribution in [-0.2, 0) is 4.79 Å². The number of rotatable bonds is 5. The van der Waals surface area contributed by atoms with Gasteiger partial charge in [-0.15, -0.1) is 0 Å². The molecule has 2 amide bonds. The summed E-state index contributed by atoms with van der Waals surface area (Å²) >= 11 is 0. The van der Waals surface area contributed by atoms with E-state index in [2.05, 4.69) is 0 Å². The van der Waals surface area contributed by atoms with Gasteiger partial charge in [0.1, 0.15) is 13.2 Å². The lowest BCUT2D eigenvalue weighted by molar-refractivity contribution is -0.138. The van der Waals surface area contributed by atoms with Gasteiger partial charge in [0, 0.05) is 0 Å². The molecule has 9 heteroatoms. The molecule has 2 aromatic rings. The number of benzene rings is 2. The summed E-state index contributed by atoms with van der Waals surface area (Å²) in [7, 11) is 0. The lowest BCUT2D eigenvalue weighted by Gasteiger charge is -2.27. The van der Waals surface area contributed by atoms with Gasteiger partial charge in [-0.25, -0.2) is 4.79 Å². The molecule has 1 unspecified atom stereocenters. The van der Waals surface area contributed by atoms with Gasteiger partial charge in [0.05, 0.1) is 29.2 Å². The standard InChI is InChI=1S/C20H15NO8/c22-17(23)9-14(10-2-4-15-16(8-10)29-6-5-28-15)21-18(24)12-3-1-11(20(26)27)7-13(12)19(21)25/h1-4,7-8,14H,5-6,9H2,(H,22,23)(H,26,27). The summed E-state index contributed by atoms with van der Waals surface area (Å²) in [5.74, 6) is -2.97. The molecule has 148 valence electrons. The molecule has 0 aromatic heterocycles. The molecule has 9 nitrogen and oxygen atoms in total. The number of aliphatic carboxylic acids is 1. The Morgan fingerprint density at radius 3 is 2.31 bits per heavy atom. The molecule has 1 atom stereocenters. The molecule has 29 heavy (non-hydrogen) atoms. The lowest BCUT2D eigenvalue weighted by Crippen LogP contribution is -2.35. The highest BCUT2D eigenvalue weighted by Crippen LogP contribution is 2.38. The number of carbonyl (C=O) groups is 4. The van der Waals surface area contributed by atoms with Gasteiger partial charge in [-0.2, -0.15) is 0 Å². The van der Waals surface area contributed by atoms with Crippen molar-refractivity contribution in [1.29, 1.82) is 0 Å². The molecule has 0 fully saturated rings. The average Bonchev–Trinajstić information content (AvgIpc) is 2.95. The Hall–Kier alpha value is -3.88. The van der Waals surface area contributed by atoms with E-state index in [9.17, 15) is 24.3 Å². The minimum Gasteiger partial charge on any atom is -0.486 e. The van der Waals surface area contributed by atoms with Crippen molar-refractivity contribution < 1.29 is 38.9 Å². The Balaban J connectivity index is 1.76. The van der Waals surface area contributed by atoms with Crippen LogP contribution in [0.15, 0.2) is 36.4 Å². The summed E-state index contributed by atoms with van der Waals surface area (Å²) in [4.78, 5) is 49.3. The number of aromatic carboxylic acids is 1. The third-order valence-corrected chi connectivity index (χ3v) is 4.80. The number of hydrogen-bond acceptors (Lipinski definition) is 6. The zero-order chi connectivity index (χ0) is 20.7. The van der Waals surface area contributed by atoms with Crippen LogP contribution in [0, 0.1) is 0 Å². The van der Waals surface area contributed by atoms with Gasteiger partial charge < -0.3 is 19.7 Å². The Morgan fingerprint density at radius 2 is 1.62 bits per heavy atom. The van der Waals surface area contributed by atoms with E-state index in [1.807, 2.05) is 0 Å². The summed E-state index contributed by atoms with van der Waals surface area (Å²) in [6.07, 6.45) is -0.517. The van der Waals surface area contributed by atoms with Crippen molar-refractivity contribution in [3.05, 3.63) is 58.7 Å². The second-order valence-corrected chi connectivity index (χ2v) is 6.56. The Morgan fingerprint density at radius 1 is 0.931 bits per heavy atom. The monoisotopic (exact) mass is 397 g/mol. The predicted molar refractivity (Wildman–Crippen MR) is 96.3 cm³/mol. The number of carboxylic acids is 2. The molecule has 2 aliphatic heterocycles. The van der Waals surface area contributed by atoms with Gasteiger partial charge in [-0.05, 0) is 35.9 Å². The summed E-state index contributed by atoms with van der Waals surface area (Å²) in [5.41, 5.74) is 0.223. The van der Waals surface area contributed by atoms with Crippen molar-refractivity contribution in [1.82, 2.24) is 4.90 Å². The van der Waals surface area contributed by atoms with Crippen LogP contribution in [0.2, 0.25) is 0 Å². The first kappa shape index (κ1) is 18.5. The summed E-state index contributed by atoms with van der Waals surface area (Å²) in [6, 6.07) is 7.25. The second kappa shape index (κ2) is 6.93. The minimum atomic E-state index is -1.24. The van der Waals surface area contributed by atoms with Gasteiger partial charge in [-0.1, -0.05) is 6.07 Å². The quantitative estimate of drug-likeness (QED) is 0.733. The van der Waals surface area contributed by atoms with E-state index < -0.39 is 36.2 Å². The van der Waals surface area contributed by atoms with Crippen LogP contribution >= 0.6 is 0 Å². The maximum absolute atomic E-state index is 12.9. The summed E-state index contributed by atoms with van der Waals surface area (Å²) in [6.45, 7) is 0.709. The van der Waals surface area contributed by atoms with Crippen LogP contribution < -0.4 is 9.47 Å². The van der Waals surface area contributed by atoms with Crippen molar-refractivity contribution in [2.75, 3.05) is 13.2 Å². The van der Waals surface area contributed by atoms with E-state index in [0.29, 0.717) is 30.3 Å². The van der Waals surface area contributed by atoms with Crippen molar-refractivity contribution >= 4 is 23.8 Å². The Bertz CT molecular complexity index is 1060. The molecule has 0 saturated carbocycles. The highest BCUT2D eigenvalue weighted by Gasteiger charge is 2.42. The maximum atomic E-state index is 12.9. The predicted octanol–water partition coefficient (Wildman–Crippen LogP) is 1.97. The molecule has 2 N–H and O–H groups in total. The first-order valence-electron chi connectivity index (χ1n) is 8.73. The van der Waals surface area contributed by atoms with E-state index in [1.165, 1.54) is 12.1 Å². The molecule has 4 rings (SSSR count). The van der Waals surface area contributed by atoms with E-state index in [-0.39, 0.29) is 16.7 Å². The topological polar surface area (TPSA) is 130 Å². The molecule has 0 radical (unpaired) electrons. The van der Waals surface area contributed by atoms with Crippen LogP contribution in [0.25, 0.3) is 0 Å². The molecule has 0 saturated heterocycles. The van der Waals surface area contributed by atoms with E-state index in [0.717, 1.165) is 11.0 Å². The normalized spacial score (nSPS) is 15.8. The number of amides is 2. The molecular weight excluding hydrogens is 382 g/mol. The Labute approximate surface area is 164 Å². The van der Waals surface area contributed by atoms with Crippen LogP contribution in [-0.4, -0.2) is 52.1 Å². The molecule has 0 aliphatic carbocycles. The minimum absolute atomic E-state index is 0.0351. The van der Waals surface area contributed by atoms with Crippen molar-refractivity contribution in [2.24, 2.45) is 0 Å². The van der Waals surface area contributed by atoms with Crippen LogP contribution in [0.5, 0.6) is 11.5 Å². The number of ether oxygens (including phenoxy) is 2. The molecule has 0 bridgehead atoms. The molecule has 2 heterocycles. The lowest BCUT2D eigenvalue weighted by atomic mass is 10.0. The summed E-state index contributed by atoms with van der Waals surface area (Å²) in [5, 5.41) is 18.5. The number of fused-ring (bicyclic) bond motifs is 2. The number of imide groups is 1. The number of hydrogen-bond donors (Lipinski definition) is 2. The van der Waals surface area contributed by atoms with E-state index >= 15 is 0 Å². The van der Waals surface area contributed by atoms with Gasteiger partial charge in [0.25, 0.3) is 11.8 Å². The SMILES string of the molecule is O=C(O)CC(c1ccc2c(c1)OCCO2)N1C(=O)c2ccc(C(=O)O)cc2C1=O. The second-order valence-electron chi connectivity index (χ2n) is 6.56. The molecule has 2 aliphatic rings. The molecular formula is C20H15NO8. The molecule has 2 aromatic carbocycles. The fourth-order valence-corrected chi connectivity index (χ4v) is 3.47. The van der Waals surface area contributed by atoms with Crippen molar-refractivity contribution in [3.63, 3.8) is 0 Å². The number of carboxylic acid groups (broad SMARTS) is 2. The van der Waals surface area contributed by atoms with Crippen molar-refractivity contribution in [3.8, 4) is 11.5 Å². The van der Waals surface area contributed by atoms with Crippen LogP contribution in [0.1, 0.15) is 49.1 Å². The first-order chi connectivity index (χ1) is 13.9. The maximum Gasteiger partial charge on any atom is 0.335 e. The zero-order valence-electron chi connectivity index (χ0n) is 15.0. The largest absolute Gasteiger partial charge is 0.486 e. The first-order valence-corrected chi connectivity index (χ1v) is 8.73. The number of nitrogens with zero attached hydrogens (tertiary/aromatic N) is 1. The highest BCUT2D eigenvalue weighted by atomic mass is 16.6. The van der Waals surface area contributed by atoms with Crippen LogP contribution in [0.4, 0.5) is 0 Å². The third-order valence-electron chi connectivity index (χ3n) is 4.80.